The Labute approximate surface area is 182 Å². The number of rotatable bonds is 5. The van der Waals surface area contributed by atoms with Gasteiger partial charge in [-0.25, -0.2) is 4.39 Å². The van der Waals surface area contributed by atoms with Gasteiger partial charge in [-0.3, -0.25) is 19.5 Å². The Morgan fingerprint density at radius 3 is 2.77 bits per heavy atom. The van der Waals surface area contributed by atoms with Gasteiger partial charge in [0.15, 0.2) is 0 Å². The first-order chi connectivity index (χ1) is 15.0. The maximum atomic E-state index is 13.2. The fourth-order valence-corrected chi connectivity index (χ4v) is 4.48. The highest BCUT2D eigenvalue weighted by Crippen LogP contribution is 2.27. The first kappa shape index (κ1) is 21.4. The van der Waals surface area contributed by atoms with Crippen molar-refractivity contribution < 1.29 is 14.0 Å². The molecular formula is C24H29FN4O2. The van der Waals surface area contributed by atoms with Gasteiger partial charge in [-0.15, -0.1) is 0 Å². The molecule has 31 heavy (non-hydrogen) atoms. The lowest BCUT2D eigenvalue weighted by atomic mass is 9.92. The van der Waals surface area contributed by atoms with E-state index in [0.29, 0.717) is 19.6 Å². The Balaban J connectivity index is 1.42. The quantitative estimate of drug-likeness (QED) is 0.800. The smallest absolute Gasteiger partial charge is 0.236 e. The molecule has 1 atom stereocenters. The molecule has 0 spiro atoms. The highest BCUT2D eigenvalue weighted by Gasteiger charge is 2.28. The molecule has 1 aromatic heterocycles. The van der Waals surface area contributed by atoms with Crippen LogP contribution in [0.1, 0.15) is 41.3 Å². The zero-order chi connectivity index (χ0) is 21.8. The van der Waals surface area contributed by atoms with Crippen LogP contribution in [0.3, 0.4) is 0 Å². The van der Waals surface area contributed by atoms with Gasteiger partial charge < -0.3 is 10.2 Å². The zero-order valence-corrected chi connectivity index (χ0v) is 17.9. The van der Waals surface area contributed by atoms with E-state index in [0.717, 1.165) is 48.3 Å². The third-order valence-corrected chi connectivity index (χ3v) is 6.02. The van der Waals surface area contributed by atoms with Gasteiger partial charge >= 0.3 is 0 Å². The highest BCUT2D eigenvalue weighted by atomic mass is 19.1. The van der Waals surface area contributed by atoms with Crippen LogP contribution in [-0.2, 0) is 16.0 Å². The summed E-state index contributed by atoms with van der Waals surface area (Å²) in [6.07, 6.45) is 2.67. The van der Waals surface area contributed by atoms with E-state index in [-0.39, 0.29) is 36.6 Å². The average molecular weight is 425 g/mol. The summed E-state index contributed by atoms with van der Waals surface area (Å²) in [6.45, 7) is 5.28. The van der Waals surface area contributed by atoms with Crippen molar-refractivity contribution in [1.82, 2.24) is 20.1 Å². The molecule has 4 rings (SSSR count). The molecule has 1 aromatic carbocycles. The summed E-state index contributed by atoms with van der Waals surface area (Å²) in [4.78, 5) is 33.0. The van der Waals surface area contributed by atoms with Crippen LogP contribution in [-0.4, -0.2) is 65.9 Å². The maximum Gasteiger partial charge on any atom is 0.236 e. The Hall–Kier alpha value is -2.80. The highest BCUT2D eigenvalue weighted by molar-refractivity contribution is 5.82. The van der Waals surface area contributed by atoms with Gasteiger partial charge in [-0.1, -0.05) is 12.1 Å². The number of aryl methyl sites for hydroxylation is 1. The average Bonchev–Trinajstić information content (AvgIpc) is 2.75. The summed E-state index contributed by atoms with van der Waals surface area (Å²) in [5.74, 6) is 0.0357. The van der Waals surface area contributed by atoms with Gasteiger partial charge in [-0.05, 0) is 61.6 Å². The van der Waals surface area contributed by atoms with Crippen molar-refractivity contribution in [1.29, 1.82) is 0 Å². The van der Waals surface area contributed by atoms with Crippen LogP contribution >= 0.6 is 0 Å². The molecule has 0 bridgehead atoms. The van der Waals surface area contributed by atoms with Gasteiger partial charge in [0.05, 0.1) is 13.1 Å². The maximum absolute atomic E-state index is 13.2. The number of halogens is 1. The fraction of sp³-hybridized carbons (Fsp3) is 0.458. The predicted octanol–water partition coefficient (Wildman–Crippen LogP) is 2.26. The summed E-state index contributed by atoms with van der Waals surface area (Å²) in [7, 11) is 0. The number of hydrogen-bond donors (Lipinski definition) is 1. The molecule has 2 aromatic rings. The molecule has 2 fully saturated rings. The van der Waals surface area contributed by atoms with Gasteiger partial charge in [0.25, 0.3) is 0 Å². The van der Waals surface area contributed by atoms with E-state index in [9.17, 15) is 14.0 Å². The van der Waals surface area contributed by atoms with Crippen LogP contribution in [0.4, 0.5) is 4.39 Å². The van der Waals surface area contributed by atoms with Gasteiger partial charge in [0.2, 0.25) is 11.8 Å². The van der Waals surface area contributed by atoms with Crippen molar-refractivity contribution in [2.75, 3.05) is 39.3 Å². The lowest BCUT2D eigenvalue weighted by Gasteiger charge is -2.35. The second kappa shape index (κ2) is 9.56. The van der Waals surface area contributed by atoms with Gasteiger partial charge in [-0.2, -0.15) is 0 Å². The topological polar surface area (TPSA) is 65.5 Å². The van der Waals surface area contributed by atoms with Gasteiger partial charge in [0.1, 0.15) is 5.82 Å². The largest absolute Gasteiger partial charge is 0.354 e. The number of aromatic nitrogens is 1. The van der Waals surface area contributed by atoms with E-state index in [1.807, 2.05) is 28.9 Å². The van der Waals surface area contributed by atoms with E-state index in [1.165, 1.54) is 12.1 Å². The minimum Gasteiger partial charge on any atom is -0.354 e. The van der Waals surface area contributed by atoms with Crippen LogP contribution in [0, 0.1) is 12.7 Å². The SMILES string of the molecule is Cc1cc(Cc2ccc(F)cc2)cc(C2CCCN(C(=O)CN3CCNC(=O)C3)C2)n1. The molecule has 2 amide bonds. The molecule has 0 aliphatic carbocycles. The van der Waals surface area contributed by atoms with Crippen molar-refractivity contribution in [2.24, 2.45) is 0 Å². The monoisotopic (exact) mass is 424 g/mol. The Kier molecular flexibility index (Phi) is 6.61. The predicted molar refractivity (Wildman–Crippen MR) is 116 cm³/mol. The number of nitrogens with one attached hydrogen (secondary N) is 1. The molecule has 0 saturated carbocycles. The molecule has 3 heterocycles. The van der Waals surface area contributed by atoms with Crippen LogP contribution in [0.15, 0.2) is 36.4 Å². The number of amides is 2. The lowest BCUT2D eigenvalue weighted by Crippen LogP contribution is -2.52. The van der Waals surface area contributed by atoms with Crippen LogP contribution in [0.25, 0.3) is 0 Å². The molecule has 7 heteroatoms. The van der Waals surface area contributed by atoms with E-state index >= 15 is 0 Å². The number of carbonyl (C=O) groups excluding carboxylic acids is 2. The van der Waals surface area contributed by atoms with E-state index in [1.54, 1.807) is 0 Å². The second-order valence-electron chi connectivity index (χ2n) is 8.58. The zero-order valence-electron chi connectivity index (χ0n) is 17.9. The normalized spacial score (nSPS) is 19.9. The van der Waals surface area contributed by atoms with Crippen molar-refractivity contribution in [3.63, 3.8) is 0 Å². The molecule has 164 valence electrons. The summed E-state index contributed by atoms with van der Waals surface area (Å²) >= 11 is 0. The Morgan fingerprint density at radius 2 is 2.00 bits per heavy atom. The van der Waals surface area contributed by atoms with Crippen LogP contribution in [0.5, 0.6) is 0 Å². The number of benzene rings is 1. The summed E-state index contributed by atoms with van der Waals surface area (Å²) < 4.78 is 13.2. The van der Waals surface area contributed by atoms with Crippen molar-refractivity contribution in [2.45, 2.75) is 32.1 Å². The fourth-order valence-electron chi connectivity index (χ4n) is 4.48. The molecule has 2 aliphatic rings. The van der Waals surface area contributed by atoms with E-state index in [4.69, 9.17) is 4.98 Å². The van der Waals surface area contributed by atoms with Crippen molar-refractivity contribution in [3.8, 4) is 0 Å². The molecule has 2 aliphatic heterocycles. The third kappa shape index (κ3) is 5.67. The number of likely N-dealkylation sites (tertiary alicyclic amines) is 1. The Morgan fingerprint density at radius 1 is 1.19 bits per heavy atom. The molecule has 0 radical (unpaired) electrons. The summed E-state index contributed by atoms with van der Waals surface area (Å²) in [6, 6.07) is 10.8. The number of nitrogens with zero attached hydrogens (tertiary/aromatic N) is 3. The number of piperidine rings is 1. The number of pyridine rings is 1. The second-order valence-corrected chi connectivity index (χ2v) is 8.58. The molecule has 6 nitrogen and oxygen atoms in total. The summed E-state index contributed by atoms with van der Waals surface area (Å²) in [5.41, 5.74) is 4.19. The van der Waals surface area contributed by atoms with Crippen molar-refractivity contribution in [3.05, 3.63) is 64.7 Å². The van der Waals surface area contributed by atoms with E-state index < -0.39 is 0 Å². The lowest BCUT2D eigenvalue weighted by molar-refractivity contribution is -0.135. The first-order valence-electron chi connectivity index (χ1n) is 10.9. The number of hydrogen-bond acceptors (Lipinski definition) is 4. The minimum atomic E-state index is -0.229. The molecule has 1 unspecified atom stereocenters. The minimum absolute atomic E-state index is 0.0202. The van der Waals surface area contributed by atoms with Gasteiger partial charge in [0, 0.05) is 43.5 Å². The molecular weight excluding hydrogens is 395 g/mol. The number of piperazine rings is 1. The van der Waals surface area contributed by atoms with Crippen LogP contribution < -0.4 is 5.32 Å². The third-order valence-electron chi connectivity index (χ3n) is 6.02. The standard InChI is InChI=1S/C24H29FN4O2/c1-17-11-19(12-18-4-6-21(25)7-5-18)13-22(27-17)20-3-2-9-29(14-20)24(31)16-28-10-8-26-23(30)15-28/h4-7,11,13,20H,2-3,8-10,12,14-16H2,1H3,(H,26,30). The van der Waals surface area contributed by atoms with Crippen molar-refractivity contribution >= 4 is 11.8 Å². The van der Waals surface area contributed by atoms with E-state index in [2.05, 4.69) is 17.4 Å². The number of carbonyl (C=O) groups is 2. The molecule has 2 saturated heterocycles. The van der Waals surface area contributed by atoms with Crippen LogP contribution in [0.2, 0.25) is 0 Å². The summed E-state index contributed by atoms with van der Waals surface area (Å²) in [5, 5.41) is 2.79. The Bertz CT molecular complexity index is 947. The first-order valence-corrected chi connectivity index (χ1v) is 10.9. The molecule has 1 N–H and O–H groups in total.